The van der Waals surface area contributed by atoms with Crippen LogP contribution in [-0.2, 0) is 22.1 Å². The highest BCUT2D eigenvalue weighted by atomic mass is 19.4. The number of carbonyl (C=O) groups excluding carboxylic acids is 2. The van der Waals surface area contributed by atoms with Crippen molar-refractivity contribution in [2.75, 3.05) is 11.9 Å². The van der Waals surface area contributed by atoms with Gasteiger partial charge in [0, 0.05) is 5.69 Å². The van der Waals surface area contributed by atoms with E-state index in [9.17, 15) is 22.8 Å². The van der Waals surface area contributed by atoms with Crippen LogP contribution in [0, 0.1) is 0 Å². The van der Waals surface area contributed by atoms with Crippen LogP contribution in [0.25, 0.3) is 0 Å². The number of rotatable bonds is 6. The Morgan fingerprint density at radius 2 is 1.77 bits per heavy atom. The molecule has 1 amide bonds. The lowest BCUT2D eigenvalue weighted by Crippen LogP contribution is -2.15. The van der Waals surface area contributed by atoms with Crippen LogP contribution in [0.1, 0.15) is 34.8 Å². The van der Waals surface area contributed by atoms with Crippen molar-refractivity contribution < 1.29 is 27.5 Å². The Morgan fingerprint density at radius 1 is 1.08 bits per heavy atom. The first-order valence-corrected chi connectivity index (χ1v) is 8.02. The molecule has 2 aromatic carbocycles. The molecule has 0 aliphatic heterocycles. The quantitative estimate of drug-likeness (QED) is 0.770. The highest BCUT2D eigenvalue weighted by Crippen LogP contribution is 2.29. The predicted octanol–water partition coefficient (Wildman–Crippen LogP) is 4.45. The molecule has 0 atom stereocenters. The molecular weight excluding hydrogens is 347 g/mol. The topological polar surface area (TPSA) is 55.4 Å². The molecule has 2 aromatic rings. The van der Waals surface area contributed by atoms with E-state index in [0.29, 0.717) is 17.9 Å². The van der Waals surface area contributed by atoms with E-state index in [2.05, 4.69) is 5.32 Å². The van der Waals surface area contributed by atoms with Crippen molar-refractivity contribution in [3.63, 3.8) is 0 Å². The van der Waals surface area contributed by atoms with Gasteiger partial charge in [0.25, 0.3) is 0 Å². The largest absolute Gasteiger partial charge is 0.462 e. The summed E-state index contributed by atoms with van der Waals surface area (Å²) < 4.78 is 43.1. The second kappa shape index (κ2) is 8.51. The van der Waals surface area contributed by atoms with E-state index < -0.39 is 23.6 Å². The first-order chi connectivity index (χ1) is 12.3. The number of halogens is 3. The smallest absolute Gasteiger partial charge is 0.416 e. The Labute approximate surface area is 149 Å². The molecule has 0 heterocycles. The minimum Gasteiger partial charge on any atom is -0.462 e. The molecule has 26 heavy (non-hydrogen) atoms. The fourth-order valence-electron chi connectivity index (χ4n) is 2.22. The van der Waals surface area contributed by atoms with E-state index in [1.165, 1.54) is 36.4 Å². The van der Waals surface area contributed by atoms with Crippen molar-refractivity contribution in [2.24, 2.45) is 0 Å². The Kier molecular flexibility index (Phi) is 6.38. The zero-order valence-electron chi connectivity index (χ0n) is 14.1. The summed E-state index contributed by atoms with van der Waals surface area (Å²) in [5.41, 5.74) is 0.262. The summed E-state index contributed by atoms with van der Waals surface area (Å²) in [6.45, 7) is 2.21. The summed E-state index contributed by atoms with van der Waals surface area (Å²) in [7, 11) is 0. The van der Waals surface area contributed by atoms with E-state index in [-0.39, 0.29) is 12.0 Å². The fraction of sp³-hybridized carbons (Fsp3) is 0.263. The molecule has 0 aliphatic rings. The summed E-state index contributed by atoms with van der Waals surface area (Å²) in [5.74, 6) is -0.903. The summed E-state index contributed by atoms with van der Waals surface area (Å²) in [6.07, 6.45) is -3.92. The zero-order chi connectivity index (χ0) is 19.2. The minimum atomic E-state index is -4.45. The van der Waals surface area contributed by atoms with Crippen molar-refractivity contribution in [1.82, 2.24) is 0 Å². The highest BCUT2D eigenvalue weighted by Gasteiger charge is 2.30. The normalized spacial score (nSPS) is 11.1. The summed E-state index contributed by atoms with van der Waals surface area (Å²) in [4.78, 5) is 23.7. The minimum absolute atomic E-state index is 0.190. The van der Waals surface area contributed by atoms with Gasteiger partial charge in [0.2, 0.25) is 5.91 Å². The van der Waals surface area contributed by atoms with Crippen LogP contribution in [0.3, 0.4) is 0 Å². The number of alkyl halides is 3. The molecule has 0 bridgehead atoms. The van der Waals surface area contributed by atoms with Gasteiger partial charge in [-0.15, -0.1) is 0 Å². The van der Waals surface area contributed by atoms with Crippen LogP contribution >= 0.6 is 0 Å². The molecule has 138 valence electrons. The monoisotopic (exact) mass is 365 g/mol. The van der Waals surface area contributed by atoms with Gasteiger partial charge in [-0.1, -0.05) is 25.1 Å². The molecule has 0 aromatic heterocycles. The zero-order valence-corrected chi connectivity index (χ0v) is 14.1. The van der Waals surface area contributed by atoms with Crippen LogP contribution in [0.5, 0.6) is 0 Å². The highest BCUT2D eigenvalue weighted by molar-refractivity contribution is 5.94. The average Bonchev–Trinajstić information content (AvgIpc) is 2.59. The molecule has 2 rings (SSSR count). The Hall–Kier alpha value is -2.83. The first-order valence-electron chi connectivity index (χ1n) is 8.02. The molecule has 1 N–H and O–H groups in total. The number of amides is 1. The van der Waals surface area contributed by atoms with Crippen LogP contribution in [0.15, 0.2) is 48.5 Å². The van der Waals surface area contributed by atoms with E-state index >= 15 is 0 Å². The van der Waals surface area contributed by atoms with Gasteiger partial charge in [0.05, 0.1) is 24.2 Å². The molecule has 7 heteroatoms. The molecule has 0 aliphatic carbocycles. The number of ether oxygens (including phenoxy) is 1. The van der Waals surface area contributed by atoms with Gasteiger partial charge < -0.3 is 10.1 Å². The Balaban J connectivity index is 1.97. The van der Waals surface area contributed by atoms with Crippen molar-refractivity contribution in [3.8, 4) is 0 Å². The maximum Gasteiger partial charge on any atom is 0.416 e. The maximum atomic E-state index is 12.7. The van der Waals surface area contributed by atoms with E-state index in [1.807, 2.05) is 6.92 Å². The first kappa shape index (κ1) is 19.5. The number of anilines is 1. The van der Waals surface area contributed by atoms with Gasteiger partial charge in [-0.05, 0) is 42.3 Å². The standard InChI is InChI=1S/C19H18F3NO3/c1-2-10-26-18(25)14-6-8-16(9-7-14)23-17(24)12-13-4-3-5-15(11-13)19(20,21)22/h3-9,11H,2,10,12H2,1H3,(H,23,24). The van der Waals surface area contributed by atoms with Gasteiger partial charge >= 0.3 is 12.1 Å². The van der Waals surface area contributed by atoms with Crippen LogP contribution in [-0.4, -0.2) is 18.5 Å². The third-order valence-electron chi connectivity index (χ3n) is 3.46. The van der Waals surface area contributed by atoms with Crippen molar-refractivity contribution in [3.05, 3.63) is 65.2 Å². The molecular formula is C19H18F3NO3. The van der Waals surface area contributed by atoms with Crippen LogP contribution < -0.4 is 5.32 Å². The maximum absolute atomic E-state index is 12.7. The van der Waals surface area contributed by atoms with E-state index in [4.69, 9.17) is 4.74 Å². The SMILES string of the molecule is CCCOC(=O)c1ccc(NC(=O)Cc2cccc(C(F)(F)F)c2)cc1. The molecule has 0 radical (unpaired) electrons. The Morgan fingerprint density at radius 3 is 2.38 bits per heavy atom. The lowest BCUT2D eigenvalue weighted by atomic mass is 10.1. The van der Waals surface area contributed by atoms with Crippen molar-refractivity contribution in [2.45, 2.75) is 25.9 Å². The molecule has 0 unspecified atom stereocenters. The van der Waals surface area contributed by atoms with Gasteiger partial charge in [-0.25, -0.2) is 4.79 Å². The third-order valence-corrected chi connectivity index (χ3v) is 3.46. The molecule has 0 saturated carbocycles. The number of nitrogens with one attached hydrogen (secondary N) is 1. The Bertz CT molecular complexity index is 770. The average molecular weight is 365 g/mol. The second-order valence-electron chi connectivity index (χ2n) is 5.64. The molecule has 0 fully saturated rings. The number of benzene rings is 2. The molecule has 0 spiro atoms. The van der Waals surface area contributed by atoms with E-state index in [0.717, 1.165) is 18.6 Å². The van der Waals surface area contributed by atoms with Crippen molar-refractivity contribution in [1.29, 1.82) is 0 Å². The predicted molar refractivity (Wildman–Crippen MR) is 90.8 cm³/mol. The van der Waals surface area contributed by atoms with Gasteiger partial charge in [0.15, 0.2) is 0 Å². The van der Waals surface area contributed by atoms with Crippen LogP contribution in [0.4, 0.5) is 18.9 Å². The lowest BCUT2D eigenvalue weighted by molar-refractivity contribution is -0.137. The number of esters is 1. The molecule has 4 nitrogen and oxygen atoms in total. The van der Waals surface area contributed by atoms with E-state index in [1.54, 1.807) is 0 Å². The summed E-state index contributed by atoms with van der Waals surface area (Å²) in [6, 6.07) is 10.7. The molecule has 0 saturated heterocycles. The summed E-state index contributed by atoms with van der Waals surface area (Å²) in [5, 5.41) is 2.59. The summed E-state index contributed by atoms with van der Waals surface area (Å²) >= 11 is 0. The van der Waals surface area contributed by atoms with Crippen LogP contribution in [0.2, 0.25) is 0 Å². The lowest BCUT2D eigenvalue weighted by Gasteiger charge is -2.09. The van der Waals surface area contributed by atoms with Crippen molar-refractivity contribution >= 4 is 17.6 Å². The third kappa shape index (κ3) is 5.61. The number of hydrogen-bond acceptors (Lipinski definition) is 3. The van der Waals surface area contributed by atoms with Gasteiger partial charge in [-0.3, -0.25) is 4.79 Å². The van der Waals surface area contributed by atoms with Gasteiger partial charge in [-0.2, -0.15) is 13.2 Å². The number of hydrogen-bond donors (Lipinski definition) is 1. The van der Waals surface area contributed by atoms with Gasteiger partial charge in [0.1, 0.15) is 0 Å². The second-order valence-corrected chi connectivity index (χ2v) is 5.64. The number of carbonyl (C=O) groups is 2. The fourth-order valence-corrected chi connectivity index (χ4v) is 2.22.